The van der Waals surface area contributed by atoms with Gasteiger partial charge < -0.3 is 25.0 Å². The van der Waals surface area contributed by atoms with E-state index in [1.54, 1.807) is 14.2 Å². The van der Waals surface area contributed by atoms with Crippen molar-refractivity contribution < 1.29 is 9.47 Å². The van der Waals surface area contributed by atoms with Crippen molar-refractivity contribution in [1.82, 2.24) is 15.5 Å². The maximum absolute atomic E-state index is 5.31. The van der Waals surface area contributed by atoms with Gasteiger partial charge in [0.25, 0.3) is 0 Å². The van der Waals surface area contributed by atoms with Crippen LogP contribution in [0.4, 0.5) is 5.69 Å². The third-order valence-corrected chi connectivity index (χ3v) is 6.92. The molecule has 1 aliphatic carbocycles. The summed E-state index contributed by atoms with van der Waals surface area (Å²) in [6, 6.07) is 8.40. The fourth-order valence-electron chi connectivity index (χ4n) is 4.60. The summed E-state index contributed by atoms with van der Waals surface area (Å²) in [7, 11) is 3.50. The Kier molecular flexibility index (Phi) is 9.93. The predicted molar refractivity (Wildman–Crippen MR) is 133 cm³/mol. The molecule has 0 atom stereocenters. The molecule has 1 aromatic rings. The summed E-state index contributed by atoms with van der Waals surface area (Å²) < 4.78 is 10.6. The van der Waals surface area contributed by atoms with Crippen LogP contribution in [0.15, 0.2) is 29.3 Å². The number of methoxy groups -OCH3 is 2. The lowest BCUT2D eigenvalue weighted by Gasteiger charge is -2.40. The Labute approximate surface area is 194 Å². The number of anilines is 1. The highest BCUT2D eigenvalue weighted by molar-refractivity contribution is 5.79. The summed E-state index contributed by atoms with van der Waals surface area (Å²) in [4.78, 5) is 9.94. The van der Waals surface area contributed by atoms with Crippen LogP contribution in [0.3, 0.4) is 0 Å². The Hall–Kier alpha value is -1.99. The molecule has 0 spiro atoms. The highest BCUT2D eigenvalue weighted by Gasteiger charge is 2.36. The van der Waals surface area contributed by atoms with E-state index in [-0.39, 0.29) is 0 Å². The summed E-state index contributed by atoms with van der Waals surface area (Å²) in [6.07, 6.45) is 6.13. The molecule has 0 bridgehead atoms. The minimum absolute atomic E-state index is 0.363. The summed E-state index contributed by atoms with van der Waals surface area (Å²) >= 11 is 0. The molecule has 2 fully saturated rings. The number of aliphatic imine (C=N–C) groups is 1. The van der Waals surface area contributed by atoms with E-state index in [1.165, 1.54) is 24.9 Å². The Balaban J connectivity index is 1.35. The number of hydrogen-bond acceptors (Lipinski definition) is 5. The first-order valence-electron chi connectivity index (χ1n) is 12.3. The molecular formula is C25H43N5O2. The van der Waals surface area contributed by atoms with Crippen LogP contribution < -0.4 is 20.3 Å². The van der Waals surface area contributed by atoms with Crippen LogP contribution in [0.5, 0.6) is 5.75 Å². The molecule has 1 saturated carbocycles. The number of nitrogens with one attached hydrogen (secondary N) is 2. The van der Waals surface area contributed by atoms with Crippen molar-refractivity contribution in [3.05, 3.63) is 24.3 Å². The van der Waals surface area contributed by atoms with Crippen LogP contribution in [0, 0.1) is 5.41 Å². The lowest BCUT2D eigenvalue weighted by atomic mass is 9.67. The van der Waals surface area contributed by atoms with Gasteiger partial charge in [-0.25, -0.2) is 0 Å². The summed E-state index contributed by atoms with van der Waals surface area (Å²) in [6.45, 7) is 11.2. The molecule has 1 aromatic carbocycles. The van der Waals surface area contributed by atoms with Gasteiger partial charge in [0, 0.05) is 65.2 Å². The lowest BCUT2D eigenvalue weighted by molar-refractivity contribution is 0.0778. The zero-order valence-corrected chi connectivity index (χ0v) is 20.4. The van der Waals surface area contributed by atoms with Crippen LogP contribution in [0.25, 0.3) is 0 Å². The third-order valence-electron chi connectivity index (χ3n) is 6.92. The van der Waals surface area contributed by atoms with Crippen molar-refractivity contribution in [1.29, 1.82) is 0 Å². The number of piperazine rings is 1. The number of rotatable bonds is 12. The van der Waals surface area contributed by atoms with Crippen molar-refractivity contribution in [2.24, 2.45) is 10.4 Å². The monoisotopic (exact) mass is 445 g/mol. The second kappa shape index (κ2) is 12.9. The molecule has 1 saturated heterocycles. The number of nitrogens with zero attached hydrogens (tertiary/aromatic N) is 3. The van der Waals surface area contributed by atoms with Crippen LogP contribution in [-0.4, -0.2) is 84.0 Å². The second-order valence-electron chi connectivity index (χ2n) is 9.10. The number of hydrogen-bond donors (Lipinski definition) is 2. The minimum atomic E-state index is 0.363. The normalized spacial score (nSPS) is 18.8. The van der Waals surface area contributed by atoms with Gasteiger partial charge in [-0.3, -0.25) is 9.89 Å². The Bertz CT molecular complexity index is 682. The van der Waals surface area contributed by atoms with E-state index in [9.17, 15) is 0 Å². The van der Waals surface area contributed by atoms with E-state index in [1.807, 2.05) is 12.1 Å². The van der Waals surface area contributed by atoms with Gasteiger partial charge in [-0.05, 0) is 68.8 Å². The van der Waals surface area contributed by atoms with Crippen molar-refractivity contribution in [3.63, 3.8) is 0 Å². The maximum Gasteiger partial charge on any atom is 0.191 e. The first-order chi connectivity index (χ1) is 15.7. The molecule has 2 aliphatic rings. The van der Waals surface area contributed by atoms with Gasteiger partial charge in [-0.1, -0.05) is 6.42 Å². The summed E-state index contributed by atoms with van der Waals surface area (Å²) in [5.41, 5.74) is 1.65. The average molecular weight is 446 g/mol. The quantitative estimate of drug-likeness (QED) is 0.293. The van der Waals surface area contributed by atoms with Crippen molar-refractivity contribution >= 4 is 11.6 Å². The van der Waals surface area contributed by atoms with Crippen LogP contribution in [-0.2, 0) is 4.74 Å². The van der Waals surface area contributed by atoms with Gasteiger partial charge in [-0.2, -0.15) is 0 Å². The van der Waals surface area contributed by atoms with Crippen molar-refractivity contribution in [2.45, 2.75) is 39.0 Å². The predicted octanol–water partition coefficient (Wildman–Crippen LogP) is 2.97. The van der Waals surface area contributed by atoms with Crippen molar-refractivity contribution in [2.75, 3.05) is 78.1 Å². The fraction of sp³-hybridized carbons (Fsp3) is 0.720. The van der Waals surface area contributed by atoms with E-state index in [4.69, 9.17) is 14.5 Å². The smallest absolute Gasteiger partial charge is 0.191 e. The van der Waals surface area contributed by atoms with Gasteiger partial charge in [0.15, 0.2) is 5.96 Å². The SMILES string of the molecule is CCNC(=NCC1(CCOC)CCC1)NCCCN1CCN(c2ccc(OC)cc2)CC1. The van der Waals surface area contributed by atoms with E-state index in [0.717, 1.165) is 83.5 Å². The molecule has 0 unspecified atom stereocenters. The largest absolute Gasteiger partial charge is 0.497 e. The van der Waals surface area contributed by atoms with Gasteiger partial charge in [0.05, 0.1) is 7.11 Å². The number of guanidine groups is 1. The maximum atomic E-state index is 5.31. The summed E-state index contributed by atoms with van der Waals surface area (Å²) in [5, 5.41) is 6.95. The van der Waals surface area contributed by atoms with Crippen LogP contribution in [0.2, 0.25) is 0 Å². The molecule has 2 N–H and O–H groups in total. The highest BCUT2D eigenvalue weighted by atomic mass is 16.5. The standard InChI is InChI=1S/C25H43N5O2/c1-4-26-24(28-21-25(11-5-12-25)13-20-31-2)27-14-6-15-29-16-18-30(19-17-29)22-7-9-23(32-3)10-8-22/h7-10H,4-6,11-21H2,1-3H3,(H2,26,27,28). The van der Waals surface area contributed by atoms with Gasteiger partial charge >= 0.3 is 0 Å². The van der Waals surface area contributed by atoms with Crippen molar-refractivity contribution in [3.8, 4) is 5.75 Å². The zero-order chi connectivity index (χ0) is 22.7. The topological polar surface area (TPSA) is 61.4 Å². The molecule has 1 heterocycles. The molecule has 3 rings (SSSR count). The zero-order valence-electron chi connectivity index (χ0n) is 20.4. The third kappa shape index (κ3) is 7.27. The molecule has 7 heteroatoms. The van der Waals surface area contributed by atoms with Crippen LogP contribution >= 0.6 is 0 Å². The fourth-order valence-corrected chi connectivity index (χ4v) is 4.60. The van der Waals surface area contributed by atoms with E-state index < -0.39 is 0 Å². The highest BCUT2D eigenvalue weighted by Crippen LogP contribution is 2.44. The van der Waals surface area contributed by atoms with E-state index in [2.05, 4.69) is 39.5 Å². The Morgan fingerprint density at radius 2 is 1.81 bits per heavy atom. The van der Waals surface area contributed by atoms with Gasteiger partial charge in [-0.15, -0.1) is 0 Å². The molecule has 180 valence electrons. The van der Waals surface area contributed by atoms with Crippen LogP contribution in [0.1, 0.15) is 39.0 Å². The molecule has 1 aliphatic heterocycles. The molecule has 0 amide bonds. The van der Waals surface area contributed by atoms with Gasteiger partial charge in [0.2, 0.25) is 0 Å². The molecular weight excluding hydrogens is 402 g/mol. The molecule has 7 nitrogen and oxygen atoms in total. The Morgan fingerprint density at radius 1 is 1.06 bits per heavy atom. The second-order valence-corrected chi connectivity index (χ2v) is 9.10. The van der Waals surface area contributed by atoms with Gasteiger partial charge in [0.1, 0.15) is 5.75 Å². The van der Waals surface area contributed by atoms with E-state index in [0.29, 0.717) is 5.41 Å². The van der Waals surface area contributed by atoms with E-state index >= 15 is 0 Å². The Morgan fingerprint density at radius 3 is 2.41 bits per heavy atom. The molecule has 0 aromatic heterocycles. The summed E-state index contributed by atoms with van der Waals surface area (Å²) in [5.74, 6) is 1.87. The lowest BCUT2D eigenvalue weighted by Crippen LogP contribution is -2.47. The molecule has 32 heavy (non-hydrogen) atoms. The number of ether oxygens (including phenoxy) is 2. The number of benzene rings is 1. The molecule has 0 radical (unpaired) electrons. The first kappa shape index (κ1) is 24.6. The average Bonchev–Trinajstić information content (AvgIpc) is 2.81. The minimum Gasteiger partial charge on any atom is -0.497 e. The first-order valence-corrected chi connectivity index (χ1v) is 12.3.